The average Bonchev–Trinajstić information content (AvgIpc) is 3.23. The van der Waals surface area contributed by atoms with E-state index in [0.29, 0.717) is 38.9 Å². The third kappa shape index (κ3) is 1.99. The number of amides is 1. The van der Waals surface area contributed by atoms with E-state index in [1.807, 2.05) is 0 Å². The fraction of sp³-hybridized carbons (Fsp3) is 0.643. The highest BCUT2D eigenvalue weighted by atomic mass is 16.7. The fourth-order valence-corrected chi connectivity index (χ4v) is 3.50. The van der Waals surface area contributed by atoms with E-state index in [1.54, 1.807) is 18.5 Å². The van der Waals surface area contributed by atoms with Crippen molar-refractivity contribution in [2.75, 3.05) is 44.4 Å². The van der Waals surface area contributed by atoms with Crippen molar-refractivity contribution in [3.63, 3.8) is 0 Å². The van der Waals surface area contributed by atoms with E-state index >= 15 is 0 Å². The van der Waals surface area contributed by atoms with E-state index in [9.17, 15) is 4.79 Å². The van der Waals surface area contributed by atoms with Gasteiger partial charge in [0.15, 0.2) is 0 Å². The first-order chi connectivity index (χ1) is 10.3. The molecule has 7 heteroatoms. The lowest BCUT2D eigenvalue weighted by Gasteiger charge is -2.29. The number of fused-ring (bicyclic) bond motifs is 1. The Balaban J connectivity index is 1.60. The van der Waals surface area contributed by atoms with Crippen LogP contribution in [-0.4, -0.2) is 60.4 Å². The third-order valence-electron chi connectivity index (χ3n) is 4.61. The lowest BCUT2D eigenvalue weighted by atomic mass is 9.80. The Kier molecular flexibility index (Phi) is 3.04. The summed E-state index contributed by atoms with van der Waals surface area (Å²) < 4.78 is 5.61. The van der Waals surface area contributed by atoms with Gasteiger partial charge in [0.1, 0.15) is 0 Å². The molecule has 1 aromatic rings. The van der Waals surface area contributed by atoms with Crippen LogP contribution < -0.4 is 4.90 Å². The van der Waals surface area contributed by atoms with Crippen LogP contribution >= 0.6 is 0 Å². The Bertz CT molecular complexity index is 534. The largest absolute Gasteiger partial charge is 0.380 e. The maximum atomic E-state index is 12.9. The van der Waals surface area contributed by atoms with E-state index < -0.39 is 5.41 Å². The van der Waals surface area contributed by atoms with Crippen molar-refractivity contribution in [1.82, 2.24) is 15.0 Å². The van der Waals surface area contributed by atoms with Gasteiger partial charge in [0.05, 0.1) is 31.8 Å². The van der Waals surface area contributed by atoms with E-state index in [1.165, 1.54) is 5.06 Å². The van der Waals surface area contributed by atoms with Crippen LogP contribution in [0.4, 0.5) is 5.95 Å². The van der Waals surface area contributed by atoms with Crippen molar-refractivity contribution in [1.29, 1.82) is 0 Å². The molecule has 0 aromatic carbocycles. The van der Waals surface area contributed by atoms with Gasteiger partial charge in [-0.15, -0.1) is 0 Å². The molecule has 3 saturated heterocycles. The molecule has 21 heavy (non-hydrogen) atoms. The van der Waals surface area contributed by atoms with Crippen molar-refractivity contribution in [3.05, 3.63) is 18.5 Å². The fourth-order valence-electron chi connectivity index (χ4n) is 3.50. The Labute approximate surface area is 122 Å². The minimum Gasteiger partial charge on any atom is -0.380 e. The number of anilines is 1. The maximum absolute atomic E-state index is 12.9. The minimum absolute atomic E-state index is 0.0564. The number of ether oxygens (including phenoxy) is 1. The smallest absolute Gasteiger partial charge is 0.256 e. The molecule has 112 valence electrons. The Morgan fingerprint density at radius 2 is 2.24 bits per heavy atom. The predicted molar refractivity (Wildman–Crippen MR) is 73.3 cm³/mol. The van der Waals surface area contributed by atoms with Gasteiger partial charge in [-0.05, 0) is 12.5 Å². The molecule has 4 heterocycles. The summed E-state index contributed by atoms with van der Waals surface area (Å²) in [7, 11) is 0. The maximum Gasteiger partial charge on any atom is 0.256 e. The first-order valence-electron chi connectivity index (χ1n) is 7.34. The highest BCUT2D eigenvalue weighted by molar-refractivity contribution is 5.84. The van der Waals surface area contributed by atoms with Gasteiger partial charge in [0.25, 0.3) is 5.91 Å². The van der Waals surface area contributed by atoms with Crippen LogP contribution in [0, 0.1) is 11.3 Å². The summed E-state index contributed by atoms with van der Waals surface area (Å²) in [5.74, 6) is 0.917. The molecule has 0 saturated carbocycles. The molecule has 4 rings (SSSR count). The minimum atomic E-state index is -0.510. The highest BCUT2D eigenvalue weighted by Gasteiger charge is 2.58. The molecule has 3 fully saturated rings. The zero-order chi connectivity index (χ0) is 14.3. The molecule has 7 nitrogen and oxygen atoms in total. The number of nitrogens with zero attached hydrogens (tertiary/aromatic N) is 4. The number of carbonyl (C=O) groups excluding carboxylic acids is 1. The van der Waals surface area contributed by atoms with Gasteiger partial charge in [-0.25, -0.2) is 15.0 Å². The van der Waals surface area contributed by atoms with Crippen LogP contribution in [0.5, 0.6) is 0 Å². The predicted octanol–water partition coefficient (Wildman–Crippen LogP) is 0.0933. The van der Waals surface area contributed by atoms with Crippen LogP contribution in [0.1, 0.15) is 6.42 Å². The van der Waals surface area contributed by atoms with Crippen molar-refractivity contribution >= 4 is 11.9 Å². The molecule has 0 unspecified atom stereocenters. The molecule has 0 aliphatic carbocycles. The topological polar surface area (TPSA) is 67.8 Å². The first kappa shape index (κ1) is 13.0. The molecule has 0 spiro atoms. The zero-order valence-electron chi connectivity index (χ0n) is 11.8. The summed E-state index contributed by atoms with van der Waals surface area (Å²) >= 11 is 0. The number of hydroxylamine groups is 2. The van der Waals surface area contributed by atoms with Gasteiger partial charge < -0.3 is 9.64 Å². The lowest BCUT2D eigenvalue weighted by Crippen LogP contribution is -2.47. The van der Waals surface area contributed by atoms with Crippen molar-refractivity contribution in [3.8, 4) is 0 Å². The van der Waals surface area contributed by atoms with E-state index in [0.717, 1.165) is 13.0 Å². The molecular formula is C14H18N4O3. The van der Waals surface area contributed by atoms with E-state index in [-0.39, 0.29) is 11.8 Å². The average molecular weight is 290 g/mol. The second-order valence-electron chi connectivity index (χ2n) is 5.89. The Morgan fingerprint density at radius 3 is 3.00 bits per heavy atom. The molecule has 0 bridgehead atoms. The lowest BCUT2D eigenvalue weighted by molar-refractivity contribution is -0.180. The molecule has 3 aliphatic rings. The van der Waals surface area contributed by atoms with Crippen LogP contribution in [-0.2, 0) is 14.4 Å². The molecular weight excluding hydrogens is 272 g/mol. The molecule has 1 aromatic heterocycles. The summed E-state index contributed by atoms with van der Waals surface area (Å²) in [6, 6.07) is 1.79. The van der Waals surface area contributed by atoms with Gasteiger partial charge in [0, 0.05) is 31.4 Å². The standard InChI is InChI=1S/C14H18N4O3/c19-12(18-5-2-6-21-18)14-9-17(7-11(14)8-20-10-14)13-15-3-1-4-16-13/h1,3-4,11H,2,5-10H2/t11-,14-/m0/s1. The van der Waals surface area contributed by atoms with Gasteiger partial charge >= 0.3 is 0 Å². The summed E-state index contributed by atoms with van der Waals surface area (Å²) in [6.07, 6.45) is 4.36. The highest BCUT2D eigenvalue weighted by Crippen LogP contribution is 2.44. The second kappa shape index (κ2) is 4.92. The van der Waals surface area contributed by atoms with E-state index in [4.69, 9.17) is 9.57 Å². The van der Waals surface area contributed by atoms with Gasteiger partial charge in [-0.2, -0.15) is 0 Å². The van der Waals surface area contributed by atoms with Crippen LogP contribution in [0.25, 0.3) is 0 Å². The monoisotopic (exact) mass is 290 g/mol. The molecule has 0 radical (unpaired) electrons. The number of rotatable bonds is 2. The van der Waals surface area contributed by atoms with Crippen LogP contribution in [0.15, 0.2) is 18.5 Å². The van der Waals surface area contributed by atoms with Gasteiger partial charge in [-0.1, -0.05) is 0 Å². The summed E-state index contributed by atoms with van der Waals surface area (Å²) in [4.78, 5) is 29.0. The van der Waals surface area contributed by atoms with Crippen molar-refractivity contribution < 1.29 is 14.4 Å². The third-order valence-corrected chi connectivity index (χ3v) is 4.61. The summed E-state index contributed by atoms with van der Waals surface area (Å²) in [5, 5.41) is 1.52. The summed E-state index contributed by atoms with van der Waals surface area (Å²) in [5.41, 5.74) is -0.510. The summed E-state index contributed by atoms with van der Waals surface area (Å²) in [6.45, 7) is 3.72. The molecule has 1 amide bonds. The van der Waals surface area contributed by atoms with Crippen LogP contribution in [0.3, 0.4) is 0 Å². The van der Waals surface area contributed by atoms with Gasteiger partial charge in [-0.3, -0.25) is 9.63 Å². The zero-order valence-corrected chi connectivity index (χ0v) is 11.8. The Morgan fingerprint density at radius 1 is 1.38 bits per heavy atom. The first-order valence-corrected chi connectivity index (χ1v) is 7.34. The van der Waals surface area contributed by atoms with Gasteiger partial charge in [0.2, 0.25) is 5.95 Å². The van der Waals surface area contributed by atoms with Crippen molar-refractivity contribution in [2.24, 2.45) is 11.3 Å². The molecule has 3 aliphatic heterocycles. The molecule has 0 N–H and O–H groups in total. The number of hydrogen-bond donors (Lipinski definition) is 0. The number of aromatic nitrogens is 2. The molecule has 2 atom stereocenters. The Hall–Kier alpha value is -1.73. The van der Waals surface area contributed by atoms with E-state index in [2.05, 4.69) is 14.9 Å². The quantitative estimate of drug-likeness (QED) is 0.769. The normalized spacial score (nSPS) is 31.7. The SMILES string of the molecule is O=C(N1CCCO1)[C@@]12COC[C@@H]1CN(c1ncccn1)C2. The number of hydrogen-bond acceptors (Lipinski definition) is 6. The number of carbonyl (C=O) groups is 1. The van der Waals surface area contributed by atoms with Crippen molar-refractivity contribution in [2.45, 2.75) is 6.42 Å². The second-order valence-corrected chi connectivity index (χ2v) is 5.89. The van der Waals surface area contributed by atoms with Crippen LogP contribution in [0.2, 0.25) is 0 Å².